The maximum absolute atomic E-state index is 11.6. The Balaban J connectivity index is 2.09. The third-order valence-electron chi connectivity index (χ3n) is 4.13. The van der Waals surface area contributed by atoms with E-state index in [0.29, 0.717) is 30.9 Å². The number of aliphatic carboxylic acids is 1. The summed E-state index contributed by atoms with van der Waals surface area (Å²) < 4.78 is 0. The van der Waals surface area contributed by atoms with Crippen LogP contribution < -0.4 is 5.32 Å². The first-order chi connectivity index (χ1) is 9.94. The van der Waals surface area contributed by atoms with Crippen molar-refractivity contribution in [2.24, 2.45) is 5.41 Å². The Morgan fingerprint density at radius 3 is 2.62 bits per heavy atom. The molecule has 0 amide bonds. The maximum Gasteiger partial charge on any atom is 0.311 e. The molecular weight excluding hydrogens is 274 g/mol. The van der Waals surface area contributed by atoms with Gasteiger partial charge in [0.2, 0.25) is 0 Å². The Labute approximate surface area is 122 Å². The molecule has 0 unspecified atom stereocenters. The number of nitrogens with zero attached hydrogens (tertiary/aromatic N) is 2. The van der Waals surface area contributed by atoms with Gasteiger partial charge in [0, 0.05) is 12.6 Å². The molecule has 1 saturated carbocycles. The minimum atomic E-state index is -0.784. The molecule has 7 nitrogen and oxygen atoms in total. The molecule has 0 aliphatic heterocycles. The van der Waals surface area contributed by atoms with E-state index in [4.69, 9.17) is 0 Å². The van der Waals surface area contributed by atoms with Crippen LogP contribution in [0.15, 0.2) is 12.1 Å². The van der Waals surface area contributed by atoms with Crippen molar-refractivity contribution in [3.05, 3.63) is 27.9 Å². The highest BCUT2D eigenvalue weighted by atomic mass is 16.6. The van der Waals surface area contributed by atoms with Crippen LogP contribution in [0.25, 0.3) is 0 Å². The van der Waals surface area contributed by atoms with Crippen LogP contribution in [-0.4, -0.2) is 27.5 Å². The second-order valence-electron chi connectivity index (χ2n) is 5.56. The van der Waals surface area contributed by atoms with Crippen molar-refractivity contribution in [2.45, 2.75) is 39.0 Å². The second kappa shape index (κ2) is 6.07. The molecular formula is C14H19N3O4. The number of pyridine rings is 1. The van der Waals surface area contributed by atoms with Crippen molar-refractivity contribution in [1.29, 1.82) is 0 Å². The summed E-state index contributed by atoms with van der Waals surface area (Å²) in [6, 6.07) is 2.91. The number of nitro groups is 1. The second-order valence-corrected chi connectivity index (χ2v) is 5.56. The van der Waals surface area contributed by atoms with Gasteiger partial charge in [-0.3, -0.25) is 14.9 Å². The zero-order valence-corrected chi connectivity index (χ0v) is 12.0. The van der Waals surface area contributed by atoms with Crippen molar-refractivity contribution in [3.63, 3.8) is 0 Å². The predicted octanol–water partition coefficient (Wildman–Crippen LogP) is 2.75. The Morgan fingerprint density at radius 2 is 2.10 bits per heavy atom. The molecule has 0 bridgehead atoms. The van der Waals surface area contributed by atoms with E-state index in [1.165, 1.54) is 12.1 Å². The fourth-order valence-corrected chi connectivity index (χ4v) is 2.80. The van der Waals surface area contributed by atoms with Gasteiger partial charge in [0.15, 0.2) is 0 Å². The van der Waals surface area contributed by atoms with Crippen molar-refractivity contribution in [3.8, 4) is 0 Å². The minimum Gasteiger partial charge on any atom is -0.481 e. The van der Waals surface area contributed by atoms with E-state index in [2.05, 4.69) is 10.3 Å². The summed E-state index contributed by atoms with van der Waals surface area (Å²) in [5.41, 5.74) is -0.473. The lowest BCUT2D eigenvalue weighted by Gasteiger charge is -2.33. The molecule has 7 heteroatoms. The Morgan fingerprint density at radius 1 is 1.43 bits per heavy atom. The number of carbonyl (C=O) groups is 1. The lowest BCUT2D eigenvalue weighted by molar-refractivity contribution is -0.385. The molecule has 0 aromatic carbocycles. The molecule has 0 atom stereocenters. The van der Waals surface area contributed by atoms with Crippen LogP contribution in [0, 0.1) is 22.5 Å². The van der Waals surface area contributed by atoms with Gasteiger partial charge in [0.05, 0.1) is 10.3 Å². The highest BCUT2D eigenvalue weighted by molar-refractivity contribution is 5.75. The summed E-state index contributed by atoms with van der Waals surface area (Å²) in [6.45, 7) is 1.86. The van der Waals surface area contributed by atoms with Crippen molar-refractivity contribution >= 4 is 17.5 Å². The topological polar surface area (TPSA) is 105 Å². The Hall–Kier alpha value is -2.18. The molecule has 0 saturated heterocycles. The SMILES string of the molecule is Cc1nc(NCC2(C(=O)O)CCCCC2)ccc1[N+](=O)[O-]. The number of carboxylic acids is 1. The highest BCUT2D eigenvalue weighted by Crippen LogP contribution is 2.36. The van der Waals surface area contributed by atoms with Crippen LogP contribution in [0.1, 0.15) is 37.8 Å². The average Bonchev–Trinajstić information content (AvgIpc) is 2.45. The fourth-order valence-electron chi connectivity index (χ4n) is 2.80. The molecule has 114 valence electrons. The molecule has 1 aliphatic carbocycles. The van der Waals surface area contributed by atoms with Crippen molar-refractivity contribution < 1.29 is 14.8 Å². The third kappa shape index (κ3) is 3.29. The molecule has 0 radical (unpaired) electrons. The van der Waals surface area contributed by atoms with Gasteiger partial charge in [-0.05, 0) is 25.8 Å². The van der Waals surface area contributed by atoms with Gasteiger partial charge in [0.25, 0.3) is 5.69 Å². The number of hydrogen-bond acceptors (Lipinski definition) is 5. The summed E-state index contributed by atoms with van der Waals surface area (Å²) in [5, 5.41) is 23.3. The third-order valence-corrected chi connectivity index (χ3v) is 4.13. The highest BCUT2D eigenvalue weighted by Gasteiger charge is 2.39. The summed E-state index contributed by atoms with van der Waals surface area (Å²) >= 11 is 0. The van der Waals surface area contributed by atoms with E-state index in [1.807, 2.05) is 0 Å². The lowest BCUT2D eigenvalue weighted by atomic mass is 9.74. The number of carboxylic acid groups (broad SMARTS) is 1. The fraction of sp³-hybridized carbons (Fsp3) is 0.571. The van der Waals surface area contributed by atoms with Crippen LogP contribution in [-0.2, 0) is 4.79 Å². The van der Waals surface area contributed by atoms with Crippen LogP contribution in [0.3, 0.4) is 0 Å². The molecule has 2 rings (SSSR count). The number of nitrogens with one attached hydrogen (secondary N) is 1. The van der Waals surface area contributed by atoms with Crippen LogP contribution in [0.4, 0.5) is 11.5 Å². The predicted molar refractivity (Wildman–Crippen MR) is 77.3 cm³/mol. The van der Waals surface area contributed by atoms with Gasteiger partial charge in [0.1, 0.15) is 11.5 Å². The molecule has 21 heavy (non-hydrogen) atoms. The number of hydrogen-bond donors (Lipinski definition) is 2. The van der Waals surface area contributed by atoms with Gasteiger partial charge in [-0.1, -0.05) is 19.3 Å². The quantitative estimate of drug-likeness (QED) is 0.638. The van der Waals surface area contributed by atoms with Gasteiger partial charge in [-0.15, -0.1) is 0 Å². The normalized spacial score (nSPS) is 17.2. The lowest BCUT2D eigenvalue weighted by Crippen LogP contribution is -2.39. The van der Waals surface area contributed by atoms with E-state index in [1.54, 1.807) is 6.92 Å². The van der Waals surface area contributed by atoms with E-state index < -0.39 is 16.3 Å². The number of aromatic nitrogens is 1. The van der Waals surface area contributed by atoms with Gasteiger partial charge in [-0.25, -0.2) is 4.98 Å². The molecule has 1 aromatic heterocycles. The van der Waals surface area contributed by atoms with E-state index in [9.17, 15) is 20.0 Å². The molecule has 2 N–H and O–H groups in total. The zero-order chi connectivity index (χ0) is 15.5. The Kier molecular flexibility index (Phi) is 4.40. The summed E-state index contributed by atoms with van der Waals surface area (Å²) in [6.07, 6.45) is 4.22. The van der Waals surface area contributed by atoms with E-state index >= 15 is 0 Å². The first-order valence-electron chi connectivity index (χ1n) is 7.04. The standard InChI is InChI=1S/C14H19N3O4/c1-10-11(17(20)21)5-6-12(16-10)15-9-14(13(18)19)7-3-2-4-8-14/h5-6H,2-4,7-9H2,1H3,(H,15,16)(H,18,19). The molecule has 0 spiro atoms. The van der Waals surface area contributed by atoms with Gasteiger partial charge >= 0.3 is 5.97 Å². The monoisotopic (exact) mass is 293 g/mol. The number of aryl methyl sites for hydroxylation is 1. The van der Waals surface area contributed by atoms with Crippen LogP contribution >= 0.6 is 0 Å². The first-order valence-corrected chi connectivity index (χ1v) is 7.04. The van der Waals surface area contributed by atoms with Crippen LogP contribution in [0.5, 0.6) is 0 Å². The van der Waals surface area contributed by atoms with Gasteiger partial charge in [-0.2, -0.15) is 0 Å². The van der Waals surface area contributed by atoms with E-state index in [0.717, 1.165) is 19.3 Å². The maximum atomic E-state index is 11.6. The summed E-state index contributed by atoms with van der Waals surface area (Å²) in [7, 11) is 0. The molecule has 1 aliphatic rings. The number of rotatable bonds is 5. The van der Waals surface area contributed by atoms with Crippen molar-refractivity contribution in [1.82, 2.24) is 4.98 Å². The molecule has 1 fully saturated rings. The summed E-state index contributed by atoms with van der Waals surface area (Å²) in [5.74, 6) is -0.308. The Bertz CT molecular complexity index is 553. The minimum absolute atomic E-state index is 0.0360. The van der Waals surface area contributed by atoms with Crippen LogP contribution in [0.2, 0.25) is 0 Å². The summed E-state index contributed by atoms with van der Waals surface area (Å²) in [4.78, 5) is 25.9. The largest absolute Gasteiger partial charge is 0.481 e. The zero-order valence-electron chi connectivity index (χ0n) is 12.0. The van der Waals surface area contributed by atoms with E-state index in [-0.39, 0.29) is 5.69 Å². The van der Waals surface area contributed by atoms with Gasteiger partial charge < -0.3 is 10.4 Å². The van der Waals surface area contributed by atoms with Crippen molar-refractivity contribution in [2.75, 3.05) is 11.9 Å². The number of anilines is 1. The molecule has 1 heterocycles. The average molecular weight is 293 g/mol. The first kappa shape index (κ1) is 15.2. The molecule has 1 aromatic rings. The smallest absolute Gasteiger partial charge is 0.311 e.